The predicted molar refractivity (Wildman–Crippen MR) is 99.9 cm³/mol. The van der Waals surface area contributed by atoms with Gasteiger partial charge in [-0.05, 0) is 41.3 Å². The van der Waals surface area contributed by atoms with Crippen molar-refractivity contribution < 1.29 is 27.8 Å². The van der Waals surface area contributed by atoms with E-state index in [1.54, 1.807) is 12.1 Å². The number of carbonyl (C=O) groups is 1. The number of amides is 1. The molecular formula is C21H23F2NO4. The Kier molecular flexibility index (Phi) is 6.34. The smallest absolute Gasteiger partial charge is 0.387 e. The maximum absolute atomic E-state index is 12.5. The summed E-state index contributed by atoms with van der Waals surface area (Å²) in [5.74, 6) is 1.45. The molecule has 5 nitrogen and oxygen atoms in total. The molecular weight excluding hydrogens is 368 g/mol. The number of alkyl halides is 2. The summed E-state index contributed by atoms with van der Waals surface area (Å²) in [5.41, 5.74) is 1.65. The maximum atomic E-state index is 12.5. The van der Waals surface area contributed by atoms with Gasteiger partial charge in [0.2, 0.25) is 5.91 Å². The Balaban J connectivity index is 1.66. The first-order chi connectivity index (χ1) is 13.4. The quantitative estimate of drug-likeness (QED) is 0.772. The zero-order valence-electron chi connectivity index (χ0n) is 15.8. The van der Waals surface area contributed by atoms with Crippen molar-refractivity contribution in [2.75, 3.05) is 13.2 Å². The Morgan fingerprint density at radius 1 is 1.07 bits per heavy atom. The summed E-state index contributed by atoms with van der Waals surface area (Å²) < 4.78 is 39.9. The van der Waals surface area contributed by atoms with E-state index in [-0.39, 0.29) is 30.0 Å². The summed E-state index contributed by atoms with van der Waals surface area (Å²) in [4.78, 5) is 12.5. The molecule has 0 saturated heterocycles. The molecule has 1 atom stereocenters. The molecule has 150 valence electrons. The van der Waals surface area contributed by atoms with Crippen LogP contribution in [0.15, 0.2) is 42.5 Å². The molecule has 3 rings (SSSR count). The minimum absolute atomic E-state index is 0.0653. The SMILES string of the molecule is CC(C)C(NC(=O)Cc1ccc(OC(F)F)cc1)c1ccc2c(c1)OCCO2. The minimum Gasteiger partial charge on any atom is -0.486 e. The summed E-state index contributed by atoms with van der Waals surface area (Å²) in [6.07, 6.45) is 0.142. The van der Waals surface area contributed by atoms with Gasteiger partial charge in [0.1, 0.15) is 19.0 Å². The van der Waals surface area contributed by atoms with Crippen LogP contribution in [0, 0.1) is 5.92 Å². The second-order valence-corrected chi connectivity index (χ2v) is 6.89. The van der Waals surface area contributed by atoms with E-state index in [0.717, 1.165) is 5.56 Å². The molecule has 28 heavy (non-hydrogen) atoms. The molecule has 2 aromatic carbocycles. The van der Waals surface area contributed by atoms with Crippen LogP contribution in [0.4, 0.5) is 8.78 Å². The van der Waals surface area contributed by atoms with Gasteiger partial charge in [-0.15, -0.1) is 0 Å². The van der Waals surface area contributed by atoms with Crippen molar-refractivity contribution in [3.05, 3.63) is 53.6 Å². The van der Waals surface area contributed by atoms with Gasteiger partial charge in [-0.25, -0.2) is 0 Å². The lowest BCUT2D eigenvalue weighted by molar-refractivity contribution is -0.121. The fraction of sp³-hybridized carbons (Fsp3) is 0.381. The van der Waals surface area contributed by atoms with Gasteiger partial charge in [0, 0.05) is 0 Å². The Hall–Kier alpha value is -2.83. The average Bonchev–Trinajstić information content (AvgIpc) is 2.66. The number of ether oxygens (including phenoxy) is 3. The molecule has 1 aliphatic rings. The van der Waals surface area contributed by atoms with Crippen LogP contribution in [0.2, 0.25) is 0 Å². The third kappa shape index (κ3) is 5.12. The van der Waals surface area contributed by atoms with Crippen LogP contribution in [-0.4, -0.2) is 25.7 Å². The van der Waals surface area contributed by atoms with Gasteiger partial charge < -0.3 is 19.5 Å². The van der Waals surface area contributed by atoms with Crippen LogP contribution in [-0.2, 0) is 11.2 Å². The number of fused-ring (bicyclic) bond motifs is 1. The number of rotatable bonds is 7. The van der Waals surface area contributed by atoms with E-state index in [9.17, 15) is 13.6 Å². The summed E-state index contributed by atoms with van der Waals surface area (Å²) in [6.45, 7) is 2.21. The van der Waals surface area contributed by atoms with Crippen LogP contribution >= 0.6 is 0 Å². The molecule has 1 unspecified atom stereocenters. The zero-order valence-corrected chi connectivity index (χ0v) is 15.8. The van der Waals surface area contributed by atoms with Gasteiger partial charge in [-0.2, -0.15) is 8.78 Å². The first-order valence-corrected chi connectivity index (χ1v) is 9.15. The van der Waals surface area contributed by atoms with Crippen molar-refractivity contribution in [3.8, 4) is 17.2 Å². The topological polar surface area (TPSA) is 56.8 Å². The molecule has 1 heterocycles. The Bertz CT molecular complexity index is 809. The first kappa shape index (κ1) is 19.9. The highest BCUT2D eigenvalue weighted by Crippen LogP contribution is 2.34. The fourth-order valence-corrected chi connectivity index (χ4v) is 3.09. The summed E-state index contributed by atoms with van der Waals surface area (Å²) in [7, 11) is 0. The minimum atomic E-state index is -2.87. The average molecular weight is 391 g/mol. The van der Waals surface area contributed by atoms with Crippen molar-refractivity contribution in [1.29, 1.82) is 0 Å². The second-order valence-electron chi connectivity index (χ2n) is 6.89. The normalized spacial score (nSPS) is 14.1. The molecule has 1 aliphatic heterocycles. The molecule has 1 N–H and O–H groups in total. The van der Waals surface area contributed by atoms with Crippen LogP contribution in [0.5, 0.6) is 17.2 Å². The number of hydrogen-bond donors (Lipinski definition) is 1. The molecule has 2 aromatic rings. The number of halogens is 2. The van der Waals surface area contributed by atoms with Gasteiger partial charge in [-0.3, -0.25) is 4.79 Å². The van der Waals surface area contributed by atoms with Crippen molar-refractivity contribution in [2.24, 2.45) is 5.92 Å². The summed E-state index contributed by atoms with van der Waals surface area (Å²) >= 11 is 0. The lowest BCUT2D eigenvalue weighted by Gasteiger charge is -2.25. The highest BCUT2D eigenvalue weighted by Gasteiger charge is 2.21. The van der Waals surface area contributed by atoms with Gasteiger partial charge >= 0.3 is 6.61 Å². The first-order valence-electron chi connectivity index (χ1n) is 9.15. The van der Waals surface area contributed by atoms with E-state index in [4.69, 9.17) is 9.47 Å². The lowest BCUT2D eigenvalue weighted by atomic mass is 9.95. The number of nitrogens with one attached hydrogen (secondary N) is 1. The molecule has 0 bridgehead atoms. The Morgan fingerprint density at radius 2 is 1.75 bits per heavy atom. The van der Waals surface area contributed by atoms with Crippen molar-refractivity contribution in [2.45, 2.75) is 32.9 Å². The van der Waals surface area contributed by atoms with Crippen LogP contribution in [0.3, 0.4) is 0 Å². The van der Waals surface area contributed by atoms with Crippen LogP contribution in [0.1, 0.15) is 31.0 Å². The van der Waals surface area contributed by atoms with Gasteiger partial charge in [-0.1, -0.05) is 32.0 Å². The van der Waals surface area contributed by atoms with E-state index < -0.39 is 6.61 Å². The largest absolute Gasteiger partial charge is 0.486 e. The fourth-order valence-electron chi connectivity index (χ4n) is 3.09. The van der Waals surface area contributed by atoms with E-state index >= 15 is 0 Å². The maximum Gasteiger partial charge on any atom is 0.387 e. The highest BCUT2D eigenvalue weighted by molar-refractivity contribution is 5.79. The third-order valence-electron chi connectivity index (χ3n) is 4.42. The third-order valence-corrected chi connectivity index (χ3v) is 4.42. The molecule has 0 aliphatic carbocycles. The van der Waals surface area contributed by atoms with Crippen molar-refractivity contribution in [3.63, 3.8) is 0 Å². The highest BCUT2D eigenvalue weighted by atomic mass is 19.3. The lowest BCUT2D eigenvalue weighted by Crippen LogP contribution is -2.33. The zero-order chi connectivity index (χ0) is 20.1. The molecule has 0 radical (unpaired) electrons. The summed E-state index contributed by atoms with van der Waals surface area (Å²) in [6, 6.07) is 11.5. The number of carbonyl (C=O) groups excluding carboxylic acids is 1. The van der Waals surface area contributed by atoms with Crippen LogP contribution in [0.25, 0.3) is 0 Å². The number of hydrogen-bond acceptors (Lipinski definition) is 4. The standard InChI is InChI=1S/C21H23F2NO4/c1-13(2)20(15-5-8-17-18(12-15)27-10-9-26-17)24-19(25)11-14-3-6-16(7-4-14)28-21(22)23/h3-8,12-13,20-21H,9-11H2,1-2H3,(H,24,25). The van der Waals surface area contributed by atoms with E-state index in [0.29, 0.717) is 30.3 Å². The number of benzene rings is 2. The molecule has 0 fully saturated rings. The van der Waals surface area contributed by atoms with Gasteiger partial charge in [0.25, 0.3) is 0 Å². The van der Waals surface area contributed by atoms with Crippen molar-refractivity contribution >= 4 is 5.91 Å². The molecule has 0 aromatic heterocycles. The van der Waals surface area contributed by atoms with Gasteiger partial charge in [0.15, 0.2) is 11.5 Å². The molecule has 0 spiro atoms. The molecule has 0 saturated carbocycles. The van der Waals surface area contributed by atoms with E-state index in [2.05, 4.69) is 10.1 Å². The van der Waals surface area contributed by atoms with Gasteiger partial charge in [0.05, 0.1) is 12.5 Å². The van der Waals surface area contributed by atoms with E-state index in [1.165, 1.54) is 12.1 Å². The van der Waals surface area contributed by atoms with Crippen molar-refractivity contribution in [1.82, 2.24) is 5.32 Å². The monoisotopic (exact) mass is 391 g/mol. The predicted octanol–water partition coefficient (Wildman–Crippen LogP) is 4.12. The van der Waals surface area contributed by atoms with Crippen LogP contribution < -0.4 is 19.5 Å². The Labute approximate surface area is 162 Å². The van der Waals surface area contributed by atoms with E-state index in [1.807, 2.05) is 32.0 Å². The molecule has 1 amide bonds. The Morgan fingerprint density at radius 3 is 2.39 bits per heavy atom. The summed E-state index contributed by atoms with van der Waals surface area (Å²) in [5, 5.41) is 3.05. The second kappa shape index (κ2) is 8.91. The molecule has 7 heteroatoms.